The molecule has 0 fully saturated rings. The summed E-state index contributed by atoms with van der Waals surface area (Å²) in [7, 11) is -9.06. The Kier molecular flexibility index (Phi) is 6.12. The van der Waals surface area contributed by atoms with Gasteiger partial charge in [0, 0.05) is 25.8 Å². The molecule has 14 nitrogen and oxygen atoms in total. The maximum Gasteiger partial charge on any atom is 0.242 e. The highest BCUT2D eigenvalue weighted by Gasteiger charge is 2.35. The van der Waals surface area contributed by atoms with Gasteiger partial charge in [-0.15, -0.1) is 10.2 Å². The van der Waals surface area contributed by atoms with Crippen molar-refractivity contribution in [2.75, 3.05) is 24.5 Å². The molecule has 0 saturated carbocycles. The summed E-state index contributed by atoms with van der Waals surface area (Å²) < 4.78 is 53.6. The van der Waals surface area contributed by atoms with Crippen LogP contribution in [0.3, 0.4) is 0 Å². The van der Waals surface area contributed by atoms with Gasteiger partial charge in [-0.25, -0.2) is 31.7 Å². The molecule has 0 bridgehead atoms. The fourth-order valence-corrected chi connectivity index (χ4v) is 6.23. The molecule has 0 amide bonds. The number of nitrogens with two attached hydrogens (primary N) is 2. The Labute approximate surface area is 189 Å². The van der Waals surface area contributed by atoms with Crippen LogP contribution in [0.15, 0.2) is 40.3 Å². The van der Waals surface area contributed by atoms with Crippen LogP contribution in [-0.4, -0.2) is 73.3 Å². The van der Waals surface area contributed by atoms with Crippen LogP contribution < -0.4 is 20.5 Å². The molecule has 1 unspecified atom stereocenters. The number of hydrogen-bond donors (Lipinski definition) is 5. The quantitative estimate of drug-likeness (QED) is 0.234. The van der Waals surface area contributed by atoms with Crippen LogP contribution >= 0.6 is 0 Å². The van der Waals surface area contributed by atoms with Gasteiger partial charge in [0.1, 0.15) is 15.6 Å². The van der Waals surface area contributed by atoms with Crippen LogP contribution in [0.4, 0.5) is 11.5 Å². The average Bonchev–Trinajstić information content (AvgIpc) is 3.46. The number of aliphatic hydroxyl groups excluding tert-OH is 1. The molecule has 0 radical (unpaired) electrons. The molecule has 1 aliphatic heterocycles. The number of aliphatic hydroxyl groups is 1. The summed E-state index contributed by atoms with van der Waals surface area (Å²) in [6, 6.07) is 6.23. The lowest BCUT2D eigenvalue weighted by Gasteiger charge is -2.23. The van der Waals surface area contributed by atoms with E-state index >= 15 is 0 Å². The van der Waals surface area contributed by atoms with Crippen molar-refractivity contribution in [2.45, 2.75) is 22.3 Å². The Balaban J connectivity index is 1.97. The molecule has 33 heavy (non-hydrogen) atoms. The predicted octanol–water partition coefficient (Wildman–Crippen LogP) is -1.80. The van der Waals surface area contributed by atoms with Crippen molar-refractivity contribution in [3.63, 3.8) is 0 Å². The van der Waals surface area contributed by atoms with E-state index in [2.05, 4.69) is 30.3 Å². The molecule has 16 heteroatoms. The van der Waals surface area contributed by atoms with E-state index in [0.29, 0.717) is 24.5 Å². The summed E-state index contributed by atoms with van der Waals surface area (Å²) in [5, 5.41) is 28.6. The fourth-order valence-electron chi connectivity index (χ4n) is 3.56. The first-order valence-corrected chi connectivity index (χ1v) is 12.7. The minimum absolute atomic E-state index is 0.146. The Morgan fingerprint density at radius 2 is 2.03 bits per heavy atom. The molecule has 3 heterocycles. The number of hydrogen-bond acceptors (Lipinski definition) is 11. The van der Waals surface area contributed by atoms with Crippen molar-refractivity contribution in [1.82, 2.24) is 30.3 Å². The topological polar surface area (TPSA) is 223 Å². The first-order valence-electron chi connectivity index (χ1n) is 9.66. The molecule has 3 aromatic rings. The maximum atomic E-state index is 13.0. The Morgan fingerprint density at radius 3 is 2.70 bits per heavy atom. The molecule has 7 N–H and O–H groups in total. The number of H-pyrrole nitrogens is 1. The summed E-state index contributed by atoms with van der Waals surface area (Å²) in [5.74, 6) is 0.417. The number of pyridine rings is 1. The van der Waals surface area contributed by atoms with Crippen molar-refractivity contribution >= 4 is 31.6 Å². The van der Waals surface area contributed by atoms with Gasteiger partial charge in [-0.05, 0) is 35.4 Å². The number of aromatic amines is 1. The van der Waals surface area contributed by atoms with E-state index in [4.69, 9.17) is 10.9 Å². The molecular formula is C17H21N9O5S2. The van der Waals surface area contributed by atoms with Gasteiger partial charge in [0.25, 0.3) is 0 Å². The summed E-state index contributed by atoms with van der Waals surface area (Å²) >= 11 is 0. The number of primary sulfonamides is 1. The largest absolute Gasteiger partial charge is 0.390 e. The summed E-state index contributed by atoms with van der Waals surface area (Å²) in [4.78, 5) is 4.77. The predicted molar refractivity (Wildman–Crippen MR) is 116 cm³/mol. The smallest absolute Gasteiger partial charge is 0.242 e. The minimum Gasteiger partial charge on any atom is -0.390 e. The molecule has 2 aromatic heterocycles. The van der Waals surface area contributed by atoms with E-state index in [1.165, 1.54) is 6.07 Å². The van der Waals surface area contributed by atoms with Gasteiger partial charge in [-0.2, -0.15) is 5.21 Å². The number of anilines is 2. The lowest BCUT2D eigenvalue weighted by atomic mass is 10.1. The highest BCUT2D eigenvalue weighted by molar-refractivity contribution is 7.92. The van der Waals surface area contributed by atoms with E-state index in [0.717, 1.165) is 11.6 Å². The monoisotopic (exact) mass is 495 g/mol. The number of nitrogens with zero attached hydrogens (tertiary/aromatic N) is 5. The van der Waals surface area contributed by atoms with E-state index in [9.17, 15) is 21.9 Å². The molecule has 1 atom stereocenters. The zero-order chi connectivity index (χ0) is 23.8. The van der Waals surface area contributed by atoms with E-state index in [-0.39, 0.29) is 17.9 Å². The number of benzene rings is 1. The Morgan fingerprint density at radius 1 is 1.24 bits per heavy atom. The van der Waals surface area contributed by atoms with Gasteiger partial charge in [0.15, 0.2) is 0 Å². The third-order valence-corrected chi connectivity index (χ3v) is 7.63. The second-order valence-corrected chi connectivity index (χ2v) is 10.4. The molecule has 4 rings (SSSR count). The number of nitrogens with one attached hydrogen (secondary N) is 2. The Bertz CT molecular complexity index is 1380. The minimum atomic E-state index is -4.62. The maximum absolute atomic E-state index is 13.0. The number of rotatable bonds is 8. The summed E-state index contributed by atoms with van der Waals surface area (Å²) in [6.45, 7) is -0.168. The third-order valence-electron chi connectivity index (χ3n) is 5.04. The van der Waals surface area contributed by atoms with Crippen LogP contribution in [0.2, 0.25) is 0 Å². The highest BCUT2D eigenvalue weighted by atomic mass is 32.2. The van der Waals surface area contributed by atoms with Gasteiger partial charge in [0.2, 0.25) is 25.9 Å². The van der Waals surface area contributed by atoms with E-state index < -0.39 is 42.5 Å². The van der Waals surface area contributed by atoms with Crippen LogP contribution in [0, 0.1) is 0 Å². The molecule has 0 aliphatic carbocycles. The number of fused-ring (bicyclic) bond motifs is 1. The van der Waals surface area contributed by atoms with Crippen LogP contribution in [-0.2, 0) is 26.5 Å². The highest BCUT2D eigenvalue weighted by Crippen LogP contribution is 2.42. The van der Waals surface area contributed by atoms with E-state index in [1.807, 2.05) is 6.07 Å². The Hall–Kier alpha value is -3.02. The van der Waals surface area contributed by atoms with E-state index in [1.54, 1.807) is 17.2 Å². The van der Waals surface area contributed by atoms with Gasteiger partial charge >= 0.3 is 0 Å². The second kappa shape index (κ2) is 8.73. The molecule has 0 spiro atoms. The summed E-state index contributed by atoms with van der Waals surface area (Å²) in [6.07, 6.45) is 1.07. The van der Waals surface area contributed by atoms with Crippen molar-refractivity contribution < 1.29 is 21.9 Å². The molecular weight excluding hydrogens is 474 g/mol. The normalized spacial score (nSPS) is 14.9. The first kappa shape index (κ1) is 23.1. The zero-order valence-electron chi connectivity index (χ0n) is 17.1. The van der Waals surface area contributed by atoms with Gasteiger partial charge in [-0.3, -0.25) is 0 Å². The number of tetrazole rings is 1. The van der Waals surface area contributed by atoms with Crippen LogP contribution in [0.5, 0.6) is 0 Å². The van der Waals surface area contributed by atoms with Crippen molar-refractivity contribution in [3.8, 4) is 11.4 Å². The van der Waals surface area contributed by atoms with Gasteiger partial charge in [-0.1, -0.05) is 6.07 Å². The van der Waals surface area contributed by atoms with Crippen molar-refractivity contribution in [3.05, 3.63) is 36.0 Å². The fraction of sp³-hybridized carbons (Fsp3) is 0.294. The van der Waals surface area contributed by atoms with Gasteiger partial charge in [0.05, 0.1) is 17.4 Å². The van der Waals surface area contributed by atoms with Crippen LogP contribution in [0.25, 0.3) is 11.4 Å². The number of sulfonamides is 2. The second-order valence-electron chi connectivity index (χ2n) is 7.20. The molecule has 1 aliphatic rings. The lowest BCUT2D eigenvalue weighted by molar-refractivity contribution is 0.186. The zero-order valence-corrected chi connectivity index (χ0v) is 18.7. The van der Waals surface area contributed by atoms with Crippen LogP contribution in [0.1, 0.15) is 5.56 Å². The molecule has 1 aromatic carbocycles. The standard InChI is InChI=1S/C17H21N9O5S2/c18-8-11(27)9-21-33(30,31)13-4-3-12(26-7-5-10-2-1-6-20-17(10)26)14(15(13)32(19,28)29)16-22-24-25-23-16/h1-4,6,11,21,27H,5,7-9,18H2,(H2,19,28,29)(H,22,23,24,25). The molecule has 176 valence electrons. The summed E-state index contributed by atoms with van der Waals surface area (Å²) in [5.41, 5.74) is 6.39. The average molecular weight is 496 g/mol. The third kappa shape index (κ3) is 4.43. The van der Waals surface area contributed by atoms with Crippen molar-refractivity contribution in [2.24, 2.45) is 10.9 Å². The lowest BCUT2D eigenvalue weighted by Crippen LogP contribution is -2.37. The molecule has 0 saturated heterocycles. The van der Waals surface area contributed by atoms with Crippen molar-refractivity contribution in [1.29, 1.82) is 0 Å². The first-order chi connectivity index (χ1) is 15.6. The number of aromatic nitrogens is 5. The SMILES string of the molecule is NCC(O)CNS(=O)(=O)c1ccc(N2CCc3cccnc32)c(-c2nn[nH]n2)c1S(N)(=O)=O. The van der Waals surface area contributed by atoms with Gasteiger partial charge < -0.3 is 15.7 Å².